The van der Waals surface area contributed by atoms with Gasteiger partial charge in [0, 0.05) is 36.2 Å². The standard InChI is InChI=1S/C33H40N2O8/c1-4-5-6-7-12-28(38)35(15-13-22-10-8-9-11-26(22)41-2)25-19-24(33(40)34-14-16-36)29-23-17-21(20-37)18-27(42-3)31(23)43-32(29)30(25)39/h4,8-11,17-20,25,29-30,32,36,39H,1,5-7,12-16H2,2-3H3,(H,34,40)/t25-,29+,30+,32+/m1/s1. The number of nitrogens with zero attached hydrogens (tertiary/aromatic N) is 1. The molecule has 230 valence electrons. The average Bonchev–Trinajstić information content (AvgIpc) is 3.42. The molecule has 2 amide bonds. The van der Waals surface area contributed by atoms with Crippen LogP contribution in [-0.2, 0) is 16.0 Å². The summed E-state index contributed by atoms with van der Waals surface area (Å²) in [6.45, 7) is 3.77. The van der Waals surface area contributed by atoms with Crippen LogP contribution in [0.15, 0.2) is 60.7 Å². The minimum atomic E-state index is -1.20. The van der Waals surface area contributed by atoms with Gasteiger partial charge in [0.2, 0.25) is 11.8 Å². The Morgan fingerprint density at radius 1 is 1.14 bits per heavy atom. The molecule has 0 aromatic heterocycles. The smallest absolute Gasteiger partial charge is 0.247 e. The summed E-state index contributed by atoms with van der Waals surface area (Å²) in [5, 5.41) is 23.9. The maximum atomic E-state index is 13.8. The molecule has 2 aromatic carbocycles. The fourth-order valence-electron chi connectivity index (χ4n) is 5.86. The van der Waals surface area contributed by atoms with Crippen molar-refractivity contribution in [1.82, 2.24) is 10.2 Å². The number of para-hydroxylation sites is 1. The Morgan fingerprint density at radius 3 is 2.60 bits per heavy atom. The van der Waals surface area contributed by atoms with Crippen LogP contribution < -0.4 is 19.5 Å². The molecule has 10 nitrogen and oxygen atoms in total. The molecule has 1 heterocycles. The Morgan fingerprint density at radius 2 is 1.91 bits per heavy atom. The maximum Gasteiger partial charge on any atom is 0.247 e. The van der Waals surface area contributed by atoms with Crippen molar-refractivity contribution in [2.24, 2.45) is 0 Å². The summed E-state index contributed by atoms with van der Waals surface area (Å²) >= 11 is 0. The number of rotatable bonds is 15. The summed E-state index contributed by atoms with van der Waals surface area (Å²) in [7, 11) is 3.04. The SMILES string of the molecule is C=CCCCCC(=O)N(CCc1ccccc1OC)[C@@H]1C=C(C(=O)NCCO)[C@@H]2c3cc(C=O)cc(OC)c3O[C@@H]2[C@H]1O. The quantitative estimate of drug-likeness (QED) is 0.163. The second kappa shape index (κ2) is 14.8. The van der Waals surface area contributed by atoms with Gasteiger partial charge in [0.25, 0.3) is 0 Å². The van der Waals surface area contributed by atoms with Gasteiger partial charge in [-0.2, -0.15) is 0 Å². The number of benzene rings is 2. The van der Waals surface area contributed by atoms with E-state index in [1.165, 1.54) is 13.2 Å². The monoisotopic (exact) mass is 592 g/mol. The molecule has 0 saturated carbocycles. The molecule has 0 bridgehead atoms. The highest BCUT2D eigenvalue weighted by atomic mass is 16.5. The molecular formula is C33H40N2O8. The Balaban J connectivity index is 1.75. The number of aliphatic hydroxyl groups is 2. The zero-order chi connectivity index (χ0) is 30.9. The largest absolute Gasteiger partial charge is 0.496 e. The zero-order valence-corrected chi connectivity index (χ0v) is 24.7. The van der Waals surface area contributed by atoms with E-state index < -0.39 is 30.1 Å². The van der Waals surface area contributed by atoms with Crippen molar-refractivity contribution in [3.63, 3.8) is 0 Å². The van der Waals surface area contributed by atoms with E-state index in [1.54, 1.807) is 24.2 Å². The van der Waals surface area contributed by atoms with E-state index in [9.17, 15) is 24.6 Å². The first-order valence-electron chi connectivity index (χ1n) is 14.5. The van der Waals surface area contributed by atoms with Gasteiger partial charge in [0.1, 0.15) is 24.2 Å². The van der Waals surface area contributed by atoms with Crippen LogP contribution in [0.1, 0.15) is 53.1 Å². The minimum absolute atomic E-state index is 0.0198. The van der Waals surface area contributed by atoms with Crippen LogP contribution in [0.5, 0.6) is 17.2 Å². The van der Waals surface area contributed by atoms with Crippen molar-refractivity contribution in [2.75, 3.05) is 33.9 Å². The number of aliphatic hydroxyl groups excluding tert-OH is 2. The number of amides is 2. The van der Waals surface area contributed by atoms with Crippen LogP contribution in [0.4, 0.5) is 0 Å². The third-order valence-corrected chi connectivity index (χ3v) is 7.95. The number of carbonyl (C=O) groups is 3. The lowest BCUT2D eigenvalue weighted by Crippen LogP contribution is -2.56. The number of hydrogen-bond acceptors (Lipinski definition) is 8. The van der Waals surface area contributed by atoms with Crippen molar-refractivity contribution >= 4 is 18.1 Å². The summed E-state index contributed by atoms with van der Waals surface area (Å²) in [5.41, 5.74) is 2.04. The molecule has 0 spiro atoms. The highest BCUT2D eigenvalue weighted by Crippen LogP contribution is 2.51. The molecule has 4 atom stereocenters. The van der Waals surface area contributed by atoms with Crippen LogP contribution >= 0.6 is 0 Å². The second-order valence-electron chi connectivity index (χ2n) is 10.6. The van der Waals surface area contributed by atoms with E-state index in [2.05, 4.69) is 11.9 Å². The number of ether oxygens (including phenoxy) is 3. The number of carbonyl (C=O) groups excluding carboxylic acids is 3. The lowest BCUT2D eigenvalue weighted by Gasteiger charge is -2.41. The predicted octanol–water partition coefficient (Wildman–Crippen LogP) is 2.96. The first kappa shape index (κ1) is 31.8. The summed E-state index contributed by atoms with van der Waals surface area (Å²) in [6.07, 6.45) is 4.93. The Hall–Kier alpha value is -4.15. The number of nitrogens with one attached hydrogen (secondary N) is 1. The van der Waals surface area contributed by atoms with Crippen LogP contribution in [0.3, 0.4) is 0 Å². The van der Waals surface area contributed by atoms with Crippen molar-refractivity contribution in [1.29, 1.82) is 0 Å². The van der Waals surface area contributed by atoms with Gasteiger partial charge in [-0.1, -0.05) is 24.3 Å². The van der Waals surface area contributed by atoms with Crippen molar-refractivity contribution < 1.29 is 38.8 Å². The summed E-state index contributed by atoms with van der Waals surface area (Å²) in [6, 6.07) is 9.82. The fourth-order valence-corrected chi connectivity index (χ4v) is 5.86. The van der Waals surface area contributed by atoms with Crippen LogP contribution in [0.25, 0.3) is 0 Å². The molecular weight excluding hydrogens is 552 g/mol. The van der Waals surface area contributed by atoms with Crippen molar-refractivity contribution in [2.45, 2.75) is 56.3 Å². The van der Waals surface area contributed by atoms with Crippen molar-refractivity contribution in [3.05, 3.63) is 77.4 Å². The first-order chi connectivity index (χ1) is 20.9. The molecule has 2 aliphatic rings. The van der Waals surface area contributed by atoms with E-state index >= 15 is 0 Å². The van der Waals surface area contributed by atoms with Gasteiger partial charge >= 0.3 is 0 Å². The van der Waals surface area contributed by atoms with Gasteiger partial charge in [0.05, 0.1) is 32.8 Å². The molecule has 0 saturated heterocycles. The number of methoxy groups -OCH3 is 2. The van der Waals surface area contributed by atoms with Gasteiger partial charge in [-0.25, -0.2) is 0 Å². The molecule has 4 rings (SSSR count). The van der Waals surface area contributed by atoms with E-state index in [0.717, 1.165) is 18.4 Å². The lowest BCUT2D eigenvalue weighted by molar-refractivity contribution is -0.137. The third-order valence-electron chi connectivity index (χ3n) is 7.95. The lowest BCUT2D eigenvalue weighted by atomic mass is 9.77. The number of fused-ring (bicyclic) bond motifs is 3. The molecule has 10 heteroatoms. The number of unbranched alkanes of at least 4 members (excludes halogenated alkanes) is 2. The molecule has 3 N–H and O–H groups in total. The molecule has 0 unspecified atom stereocenters. The molecule has 2 aromatic rings. The first-order valence-corrected chi connectivity index (χ1v) is 14.5. The molecule has 0 radical (unpaired) electrons. The summed E-state index contributed by atoms with van der Waals surface area (Å²) < 4.78 is 17.3. The number of allylic oxidation sites excluding steroid dienone is 1. The Bertz CT molecular complexity index is 1360. The van der Waals surface area contributed by atoms with Gasteiger partial charge in [0.15, 0.2) is 11.5 Å². The average molecular weight is 593 g/mol. The van der Waals surface area contributed by atoms with E-state index in [-0.39, 0.29) is 37.6 Å². The number of aldehydes is 1. The van der Waals surface area contributed by atoms with Gasteiger partial charge in [-0.15, -0.1) is 6.58 Å². The summed E-state index contributed by atoms with van der Waals surface area (Å²) in [4.78, 5) is 40.6. The van der Waals surface area contributed by atoms with Crippen molar-refractivity contribution in [3.8, 4) is 17.2 Å². The Labute approximate surface area is 251 Å². The van der Waals surface area contributed by atoms with Crippen LogP contribution in [-0.4, -0.2) is 85.4 Å². The van der Waals surface area contributed by atoms with Gasteiger partial charge in [-0.3, -0.25) is 14.4 Å². The molecule has 43 heavy (non-hydrogen) atoms. The van der Waals surface area contributed by atoms with E-state index in [0.29, 0.717) is 47.5 Å². The Kier molecular flexibility index (Phi) is 11.0. The van der Waals surface area contributed by atoms with Gasteiger partial charge in [-0.05, 0) is 55.5 Å². The number of hydrogen-bond donors (Lipinski definition) is 3. The minimum Gasteiger partial charge on any atom is -0.496 e. The third kappa shape index (κ3) is 6.92. The second-order valence-corrected chi connectivity index (χ2v) is 10.6. The molecule has 0 fully saturated rings. The zero-order valence-electron chi connectivity index (χ0n) is 24.7. The molecule has 1 aliphatic carbocycles. The topological polar surface area (TPSA) is 135 Å². The van der Waals surface area contributed by atoms with Crippen LogP contribution in [0.2, 0.25) is 0 Å². The van der Waals surface area contributed by atoms with Crippen LogP contribution in [0, 0.1) is 0 Å². The molecule has 1 aliphatic heterocycles. The van der Waals surface area contributed by atoms with E-state index in [1.807, 2.05) is 30.3 Å². The highest BCUT2D eigenvalue weighted by Gasteiger charge is 2.51. The summed E-state index contributed by atoms with van der Waals surface area (Å²) in [5.74, 6) is -0.0239. The fraction of sp³-hybridized carbons (Fsp3) is 0.424. The predicted molar refractivity (Wildman–Crippen MR) is 161 cm³/mol. The maximum absolute atomic E-state index is 13.8. The van der Waals surface area contributed by atoms with E-state index in [4.69, 9.17) is 14.2 Å². The van der Waals surface area contributed by atoms with Gasteiger partial charge < -0.3 is 34.6 Å². The highest BCUT2D eigenvalue weighted by molar-refractivity contribution is 5.96. The normalized spacial score (nSPS) is 20.1.